The number of carbonyl (C=O) groups is 1. The number of nitrogen functional groups attached to an aromatic ring is 1. The number of carboxylic acid groups (broad SMARTS) is 1. The van der Waals surface area contributed by atoms with E-state index < -0.39 is 17.8 Å². The van der Waals surface area contributed by atoms with Gasteiger partial charge in [-0.05, 0) is 30.7 Å². The summed E-state index contributed by atoms with van der Waals surface area (Å²) < 4.78 is 41.3. The molecule has 3 aromatic rings. The first-order valence-electron chi connectivity index (χ1n) is 9.58. The average Bonchev–Trinajstić information content (AvgIpc) is 2.71. The number of aromatic nitrogens is 3. The first-order chi connectivity index (χ1) is 15.1. The van der Waals surface area contributed by atoms with Crippen molar-refractivity contribution < 1.29 is 23.1 Å². The van der Waals surface area contributed by atoms with Crippen LogP contribution in [-0.2, 0) is 6.18 Å². The molecule has 3 heterocycles. The van der Waals surface area contributed by atoms with E-state index >= 15 is 0 Å². The van der Waals surface area contributed by atoms with E-state index in [1.165, 1.54) is 30.3 Å². The van der Waals surface area contributed by atoms with E-state index in [0.29, 0.717) is 42.9 Å². The summed E-state index contributed by atoms with van der Waals surface area (Å²) in [6.07, 6.45) is -4.34. The van der Waals surface area contributed by atoms with Gasteiger partial charge >= 0.3 is 12.3 Å². The van der Waals surface area contributed by atoms with Crippen molar-refractivity contribution in [2.75, 3.05) is 36.8 Å². The molecule has 1 saturated heterocycles. The first-order valence-corrected chi connectivity index (χ1v) is 9.96. The Morgan fingerprint density at radius 2 is 1.84 bits per heavy atom. The van der Waals surface area contributed by atoms with Crippen LogP contribution in [0.3, 0.4) is 0 Å². The molecule has 1 aliphatic rings. The molecule has 0 unspecified atom stereocenters. The molecule has 0 radical (unpaired) electrons. The molecule has 0 bridgehead atoms. The average molecular weight is 467 g/mol. The van der Waals surface area contributed by atoms with Crippen LogP contribution in [0.1, 0.15) is 11.1 Å². The third-order valence-electron chi connectivity index (χ3n) is 5.33. The number of halogens is 4. The van der Waals surface area contributed by atoms with Crippen molar-refractivity contribution in [1.82, 2.24) is 19.9 Å². The molecule has 0 saturated carbocycles. The topological polar surface area (TPSA) is 108 Å². The zero-order valence-electron chi connectivity index (χ0n) is 16.8. The van der Waals surface area contributed by atoms with Crippen molar-refractivity contribution in [3.05, 3.63) is 40.7 Å². The van der Waals surface area contributed by atoms with E-state index in [0.717, 1.165) is 6.07 Å². The minimum Gasteiger partial charge on any atom is -0.465 e. The predicted octanol–water partition coefficient (Wildman–Crippen LogP) is 4.05. The molecule has 1 amide bonds. The highest BCUT2D eigenvalue weighted by Gasteiger charge is 2.37. The van der Waals surface area contributed by atoms with Gasteiger partial charge in [-0.1, -0.05) is 11.6 Å². The molecule has 32 heavy (non-hydrogen) atoms. The number of amides is 1. The molecular formula is C20H18ClF3N6O2. The molecule has 4 rings (SSSR count). The summed E-state index contributed by atoms with van der Waals surface area (Å²) in [7, 11) is 0. The number of hydrogen-bond donors (Lipinski definition) is 2. The molecule has 1 fully saturated rings. The Morgan fingerprint density at radius 3 is 2.47 bits per heavy atom. The standard InChI is InChI=1S/C20H18ClF3N6O2/c1-10-6-15(25)28-17(16(10)20(22,23)24)11-8-14-12(7-13(11)21)18(27-9-26-14)29-2-4-30(5-3-29)19(31)32/h6-9H,2-5H2,1H3,(H2,25,28)(H,31,32). The van der Waals surface area contributed by atoms with Crippen molar-refractivity contribution in [3.8, 4) is 11.3 Å². The van der Waals surface area contributed by atoms with Crippen molar-refractivity contribution >= 4 is 40.2 Å². The fraction of sp³-hybridized carbons (Fsp3) is 0.300. The minimum absolute atomic E-state index is 0.0423. The van der Waals surface area contributed by atoms with Gasteiger partial charge in [0, 0.05) is 37.1 Å². The molecule has 2 aromatic heterocycles. The summed E-state index contributed by atoms with van der Waals surface area (Å²) in [5.41, 5.74) is 4.83. The van der Waals surface area contributed by atoms with Gasteiger partial charge in [-0.3, -0.25) is 0 Å². The Labute approximate surface area is 185 Å². The van der Waals surface area contributed by atoms with E-state index in [2.05, 4.69) is 15.0 Å². The van der Waals surface area contributed by atoms with Crippen LogP contribution in [0.5, 0.6) is 0 Å². The molecule has 12 heteroatoms. The van der Waals surface area contributed by atoms with Gasteiger partial charge in [-0.2, -0.15) is 13.2 Å². The summed E-state index contributed by atoms with van der Waals surface area (Å²) >= 11 is 6.43. The maximum atomic E-state index is 13.8. The van der Waals surface area contributed by atoms with E-state index in [4.69, 9.17) is 22.4 Å². The van der Waals surface area contributed by atoms with Gasteiger partial charge in [-0.15, -0.1) is 0 Å². The van der Waals surface area contributed by atoms with E-state index in [1.807, 2.05) is 4.90 Å². The van der Waals surface area contributed by atoms with Gasteiger partial charge in [-0.25, -0.2) is 19.7 Å². The summed E-state index contributed by atoms with van der Waals surface area (Å²) in [5, 5.41) is 9.71. The fourth-order valence-electron chi connectivity index (χ4n) is 3.86. The number of anilines is 2. The highest BCUT2D eigenvalue weighted by molar-refractivity contribution is 6.34. The van der Waals surface area contributed by atoms with Crippen LogP contribution in [0.2, 0.25) is 5.02 Å². The maximum Gasteiger partial charge on any atom is 0.418 e. The van der Waals surface area contributed by atoms with Gasteiger partial charge in [0.1, 0.15) is 18.0 Å². The second-order valence-corrected chi connectivity index (χ2v) is 7.80. The number of fused-ring (bicyclic) bond motifs is 1. The third-order valence-corrected chi connectivity index (χ3v) is 5.64. The van der Waals surface area contributed by atoms with Crippen molar-refractivity contribution in [2.24, 2.45) is 0 Å². The number of hydrogen-bond acceptors (Lipinski definition) is 6. The molecule has 8 nitrogen and oxygen atoms in total. The normalized spacial score (nSPS) is 14.8. The highest BCUT2D eigenvalue weighted by Crippen LogP contribution is 2.42. The van der Waals surface area contributed by atoms with E-state index in [1.54, 1.807) is 0 Å². The number of alkyl halides is 3. The van der Waals surface area contributed by atoms with Gasteiger partial charge in [0.25, 0.3) is 0 Å². The lowest BCUT2D eigenvalue weighted by atomic mass is 9.99. The lowest BCUT2D eigenvalue weighted by molar-refractivity contribution is -0.137. The Hall–Kier alpha value is -3.34. The molecule has 0 aliphatic carbocycles. The Morgan fingerprint density at radius 1 is 1.16 bits per heavy atom. The summed E-state index contributed by atoms with van der Waals surface area (Å²) in [5.74, 6) is 0.475. The Bertz CT molecular complexity index is 1210. The van der Waals surface area contributed by atoms with E-state index in [-0.39, 0.29) is 27.7 Å². The van der Waals surface area contributed by atoms with Crippen LogP contribution in [-0.4, -0.2) is 57.2 Å². The number of piperazine rings is 1. The molecule has 0 atom stereocenters. The van der Waals surface area contributed by atoms with Crippen LogP contribution in [0.4, 0.5) is 29.6 Å². The van der Waals surface area contributed by atoms with Gasteiger partial charge < -0.3 is 20.6 Å². The van der Waals surface area contributed by atoms with Crippen molar-refractivity contribution in [1.29, 1.82) is 0 Å². The van der Waals surface area contributed by atoms with E-state index in [9.17, 15) is 18.0 Å². The van der Waals surface area contributed by atoms with Crippen LogP contribution >= 0.6 is 11.6 Å². The zero-order valence-corrected chi connectivity index (χ0v) is 17.6. The SMILES string of the molecule is Cc1cc(N)nc(-c2cc3ncnc(N4CCN(C(=O)O)CC4)c3cc2Cl)c1C(F)(F)F. The van der Waals surface area contributed by atoms with Crippen molar-refractivity contribution in [2.45, 2.75) is 13.1 Å². The zero-order chi connectivity index (χ0) is 23.2. The van der Waals surface area contributed by atoms with Crippen LogP contribution in [0, 0.1) is 6.92 Å². The van der Waals surface area contributed by atoms with Gasteiger partial charge in [0.15, 0.2) is 0 Å². The molecular weight excluding hydrogens is 449 g/mol. The number of rotatable bonds is 2. The summed E-state index contributed by atoms with van der Waals surface area (Å²) in [6.45, 7) is 2.73. The number of nitrogens with two attached hydrogens (primary N) is 1. The smallest absolute Gasteiger partial charge is 0.418 e. The Kier molecular flexibility index (Phi) is 5.45. The number of benzene rings is 1. The van der Waals surface area contributed by atoms with Gasteiger partial charge in [0.05, 0.1) is 21.8 Å². The molecule has 3 N–H and O–H groups in total. The highest BCUT2D eigenvalue weighted by atomic mass is 35.5. The second-order valence-electron chi connectivity index (χ2n) is 7.39. The molecule has 1 aliphatic heterocycles. The third kappa shape index (κ3) is 3.95. The lowest BCUT2D eigenvalue weighted by Gasteiger charge is -2.34. The lowest BCUT2D eigenvalue weighted by Crippen LogP contribution is -2.48. The number of pyridine rings is 1. The van der Waals surface area contributed by atoms with Crippen molar-refractivity contribution in [3.63, 3.8) is 0 Å². The number of aryl methyl sites for hydroxylation is 1. The minimum atomic E-state index is -4.65. The summed E-state index contributed by atoms with van der Waals surface area (Å²) in [6, 6.07) is 4.11. The Balaban J connectivity index is 1.82. The summed E-state index contributed by atoms with van der Waals surface area (Å²) in [4.78, 5) is 26.8. The van der Waals surface area contributed by atoms with Gasteiger partial charge in [0.2, 0.25) is 0 Å². The predicted molar refractivity (Wildman–Crippen MR) is 114 cm³/mol. The number of nitrogens with zero attached hydrogens (tertiary/aromatic N) is 5. The maximum absolute atomic E-state index is 13.8. The largest absolute Gasteiger partial charge is 0.465 e. The fourth-order valence-corrected chi connectivity index (χ4v) is 4.11. The van der Waals surface area contributed by atoms with Crippen LogP contribution in [0.25, 0.3) is 22.2 Å². The first kappa shape index (κ1) is 21.9. The molecule has 1 aromatic carbocycles. The second kappa shape index (κ2) is 7.97. The molecule has 0 spiro atoms. The molecule has 168 valence electrons. The monoisotopic (exact) mass is 466 g/mol. The van der Waals surface area contributed by atoms with Crippen LogP contribution < -0.4 is 10.6 Å². The quantitative estimate of drug-likeness (QED) is 0.586. The van der Waals surface area contributed by atoms with Crippen LogP contribution in [0.15, 0.2) is 24.5 Å².